The van der Waals surface area contributed by atoms with Gasteiger partial charge in [-0.15, -0.1) is 0 Å². The standard InChI is InChI=1S/C16H20N2O/c1-12-8-14(10-18-9-12)11-19-16-7-5-4-6-15(16)13(2)17-3/h4-10,13,17H,11H2,1-3H3. The second-order valence-corrected chi connectivity index (χ2v) is 4.71. The van der Waals surface area contributed by atoms with Crippen LogP contribution in [0.2, 0.25) is 0 Å². The highest BCUT2D eigenvalue weighted by Gasteiger charge is 2.09. The summed E-state index contributed by atoms with van der Waals surface area (Å²) >= 11 is 0. The van der Waals surface area contributed by atoms with Gasteiger partial charge in [0.15, 0.2) is 0 Å². The SMILES string of the molecule is CNC(C)c1ccccc1OCc1cncc(C)c1. The summed E-state index contributed by atoms with van der Waals surface area (Å²) in [7, 11) is 1.95. The monoisotopic (exact) mass is 256 g/mol. The van der Waals surface area contributed by atoms with Gasteiger partial charge in [0.25, 0.3) is 0 Å². The van der Waals surface area contributed by atoms with Crippen LogP contribution in [0.15, 0.2) is 42.7 Å². The van der Waals surface area contributed by atoms with Crippen molar-refractivity contribution in [2.45, 2.75) is 26.5 Å². The Kier molecular flexibility index (Phi) is 4.53. The minimum atomic E-state index is 0.270. The topological polar surface area (TPSA) is 34.1 Å². The van der Waals surface area contributed by atoms with Crippen LogP contribution in [0.25, 0.3) is 0 Å². The third-order valence-corrected chi connectivity index (χ3v) is 3.14. The molecule has 0 saturated carbocycles. The molecule has 100 valence electrons. The minimum absolute atomic E-state index is 0.270. The third kappa shape index (κ3) is 3.55. The summed E-state index contributed by atoms with van der Waals surface area (Å²) in [6.07, 6.45) is 3.69. The van der Waals surface area contributed by atoms with Crippen molar-refractivity contribution in [3.05, 3.63) is 59.4 Å². The van der Waals surface area contributed by atoms with Gasteiger partial charge in [0.2, 0.25) is 0 Å². The molecule has 0 spiro atoms. The van der Waals surface area contributed by atoms with E-state index in [1.807, 2.05) is 44.6 Å². The zero-order chi connectivity index (χ0) is 13.7. The maximum Gasteiger partial charge on any atom is 0.124 e. The van der Waals surface area contributed by atoms with Crippen molar-refractivity contribution >= 4 is 0 Å². The van der Waals surface area contributed by atoms with Crippen LogP contribution >= 0.6 is 0 Å². The van der Waals surface area contributed by atoms with E-state index in [1.165, 1.54) is 5.56 Å². The molecule has 1 unspecified atom stereocenters. The van der Waals surface area contributed by atoms with Gasteiger partial charge in [-0.3, -0.25) is 4.98 Å². The number of rotatable bonds is 5. The zero-order valence-electron chi connectivity index (χ0n) is 11.7. The molecule has 0 aliphatic rings. The fraction of sp³-hybridized carbons (Fsp3) is 0.312. The molecule has 0 saturated heterocycles. The molecular formula is C16H20N2O. The normalized spacial score (nSPS) is 12.2. The highest BCUT2D eigenvalue weighted by atomic mass is 16.5. The summed E-state index contributed by atoms with van der Waals surface area (Å²) in [5.74, 6) is 0.922. The molecule has 0 radical (unpaired) electrons. The number of pyridine rings is 1. The second kappa shape index (κ2) is 6.34. The Hall–Kier alpha value is -1.87. The van der Waals surface area contributed by atoms with E-state index < -0.39 is 0 Å². The van der Waals surface area contributed by atoms with E-state index in [0.717, 1.165) is 16.9 Å². The van der Waals surface area contributed by atoms with Gasteiger partial charge >= 0.3 is 0 Å². The molecule has 2 rings (SSSR count). The van der Waals surface area contributed by atoms with Crippen LogP contribution in [0, 0.1) is 6.92 Å². The fourth-order valence-corrected chi connectivity index (χ4v) is 1.98. The average molecular weight is 256 g/mol. The number of hydrogen-bond acceptors (Lipinski definition) is 3. The Bertz CT molecular complexity index is 540. The summed E-state index contributed by atoms with van der Waals surface area (Å²) in [5.41, 5.74) is 3.41. The number of benzene rings is 1. The van der Waals surface area contributed by atoms with Crippen LogP contribution in [0.5, 0.6) is 5.75 Å². The van der Waals surface area contributed by atoms with Crippen molar-refractivity contribution in [3.8, 4) is 5.75 Å². The molecule has 1 aromatic carbocycles. The zero-order valence-corrected chi connectivity index (χ0v) is 11.7. The highest BCUT2D eigenvalue weighted by Crippen LogP contribution is 2.25. The van der Waals surface area contributed by atoms with Crippen molar-refractivity contribution in [1.29, 1.82) is 0 Å². The summed E-state index contributed by atoms with van der Waals surface area (Å²) < 4.78 is 5.92. The molecule has 2 aromatic rings. The number of nitrogens with zero attached hydrogens (tertiary/aromatic N) is 1. The number of aromatic nitrogens is 1. The second-order valence-electron chi connectivity index (χ2n) is 4.71. The van der Waals surface area contributed by atoms with Crippen LogP contribution in [0.4, 0.5) is 0 Å². The van der Waals surface area contributed by atoms with Gasteiger partial charge in [-0.1, -0.05) is 18.2 Å². The molecule has 1 heterocycles. The van der Waals surface area contributed by atoms with Crippen LogP contribution in [-0.2, 0) is 6.61 Å². The number of aryl methyl sites for hydroxylation is 1. The van der Waals surface area contributed by atoms with Crippen LogP contribution in [-0.4, -0.2) is 12.0 Å². The molecule has 3 heteroatoms. The molecule has 1 N–H and O–H groups in total. The lowest BCUT2D eigenvalue weighted by Gasteiger charge is -2.16. The lowest BCUT2D eigenvalue weighted by molar-refractivity contribution is 0.300. The van der Waals surface area contributed by atoms with Gasteiger partial charge < -0.3 is 10.1 Å². The van der Waals surface area contributed by atoms with Crippen LogP contribution in [0.3, 0.4) is 0 Å². The van der Waals surface area contributed by atoms with E-state index in [1.54, 1.807) is 0 Å². The molecule has 0 aliphatic heterocycles. The van der Waals surface area contributed by atoms with E-state index in [0.29, 0.717) is 6.61 Å². The number of hydrogen-bond donors (Lipinski definition) is 1. The van der Waals surface area contributed by atoms with E-state index in [4.69, 9.17) is 4.74 Å². The molecule has 0 amide bonds. The van der Waals surface area contributed by atoms with Crippen molar-refractivity contribution in [1.82, 2.24) is 10.3 Å². The Morgan fingerprint density at radius 3 is 2.79 bits per heavy atom. The molecule has 0 aliphatic carbocycles. The van der Waals surface area contributed by atoms with E-state index in [-0.39, 0.29) is 6.04 Å². The van der Waals surface area contributed by atoms with Crippen molar-refractivity contribution in [2.75, 3.05) is 7.05 Å². The Morgan fingerprint density at radius 1 is 1.26 bits per heavy atom. The van der Waals surface area contributed by atoms with Gasteiger partial charge in [-0.25, -0.2) is 0 Å². The quantitative estimate of drug-likeness (QED) is 0.891. The maximum atomic E-state index is 5.92. The van der Waals surface area contributed by atoms with Gasteiger partial charge in [0.1, 0.15) is 12.4 Å². The summed E-state index contributed by atoms with van der Waals surface area (Å²) in [6, 6.07) is 10.5. The van der Waals surface area contributed by atoms with E-state index in [9.17, 15) is 0 Å². The molecule has 0 fully saturated rings. The van der Waals surface area contributed by atoms with E-state index >= 15 is 0 Å². The first-order valence-electron chi connectivity index (χ1n) is 6.50. The van der Waals surface area contributed by atoms with E-state index in [2.05, 4.69) is 29.4 Å². The minimum Gasteiger partial charge on any atom is -0.489 e. The van der Waals surface area contributed by atoms with Crippen LogP contribution < -0.4 is 10.1 Å². The van der Waals surface area contributed by atoms with Gasteiger partial charge in [-0.2, -0.15) is 0 Å². The maximum absolute atomic E-state index is 5.92. The Labute approximate surface area is 114 Å². The molecule has 0 bridgehead atoms. The lowest BCUT2D eigenvalue weighted by Crippen LogP contribution is -2.13. The smallest absolute Gasteiger partial charge is 0.124 e. The summed E-state index contributed by atoms with van der Waals surface area (Å²) in [6.45, 7) is 4.70. The fourth-order valence-electron chi connectivity index (χ4n) is 1.98. The summed E-state index contributed by atoms with van der Waals surface area (Å²) in [4.78, 5) is 4.18. The molecule has 19 heavy (non-hydrogen) atoms. The lowest BCUT2D eigenvalue weighted by atomic mass is 10.1. The highest BCUT2D eigenvalue weighted by molar-refractivity contribution is 5.35. The van der Waals surface area contributed by atoms with Crippen molar-refractivity contribution in [3.63, 3.8) is 0 Å². The first kappa shape index (κ1) is 13.6. The van der Waals surface area contributed by atoms with Gasteiger partial charge in [0, 0.05) is 29.6 Å². The third-order valence-electron chi connectivity index (χ3n) is 3.14. The first-order valence-corrected chi connectivity index (χ1v) is 6.50. The Balaban J connectivity index is 2.11. The largest absolute Gasteiger partial charge is 0.489 e. The molecule has 1 aromatic heterocycles. The molecule has 1 atom stereocenters. The molecule has 3 nitrogen and oxygen atoms in total. The summed E-state index contributed by atoms with van der Waals surface area (Å²) in [5, 5.41) is 3.24. The number of nitrogens with one attached hydrogen (secondary N) is 1. The average Bonchev–Trinajstić information content (AvgIpc) is 2.45. The van der Waals surface area contributed by atoms with Gasteiger partial charge in [-0.05, 0) is 38.6 Å². The predicted octanol–water partition coefficient (Wildman–Crippen LogP) is 3.25. The Morgan fingerprint density at radius 2 is 2.05 bits per heavy atom. The number of ether oxygens (including phenoxy) is 1. The number of para-hydroxylation sites is 1. The molecular weight excluding hydrogens is 236 g/mol. The van der Waals surface area contributed by atoms with Gasteiger partial charge in [0.05, 0.1) is 0 Å². The predicted molar refractivity (Wildman–Crippen MR) is 77.2 cm³/mol. The van der Waals surface area contributed by atoms with Crippen molar-refractivity contribution in [2.24, 2.45) is 0 Å². The first-order chi connectivity index (χ1) is 9.20. The van der Waals surface area contributed by atoms with Crippen LogP contribution in [0.1, 0.15) is 29.7 Å². The van der Waals surface area contributed by atoms with Crippen molar-refractivity contribution < 1.29 is 4.74 Å².